The third-order valence-corrected chi connectivity index (χ3v) is 4.84. The van der Waals surface area contributed by atoms with Crippen LogP contribution >= 0.6 is 23.4 Å². The van der Waals surface area contributed by atoms with Crippen LogP contribution in [0.4, 0.5) is 0 Å². The molecule has 0 amide bonds. The number of thioether (sulfide) groups is 1. The number of benzene rings is 1. The molecule has 1 aromatic carbocycles. The Bertz CT molecular complexity index is 363. The monoisotopic (exact) mass is 269 g/mol. The van der Waals surface area contributed by atoms with E-state index in [1.54, 1.807) is 0 Å². The first-order chi connectivity index (χ1) is 8.28. The van der Waals surface area contributed by atoms with Gasteiger partial charge in [-0.05, 0) is 36.0 Å². The van der Waals surface area contributed by atoms with E-state index in [4.69, 9.17) is 11.6 Å². The molecule has 1 heterocycles. The summed E-state index contributed by atoms with van der Waals surface area (Å²) < 4.78 is 0. The highest BCUT2D eigenvalue weighted by Gasteiger charge is 2.39. The summed E-state index contributed by atoms with van der Waals surface area (Å²) in [5.74, 6) is 2.49. The average Bonchev–Trinajstić information content (AvgIpc) is 2.29. The second-order valence-corrected chi connectivity index (χ2v) is 6.47. The Morgan fingerprint density at radius 1 is 1.35 bits per heavy atom. The molecule has 0 spiro atoms. The largest absolute Gasteiger partial charge is 0.315 e. The van der Waals surface area contributed by atoms with Gasteiger partial charge in [0.05, 0.1) is 0 Å². The minimum Gasteiger partial charge on any atom is -0.315 e. The minimum absolute atomic E-state index is 0.298. The van der Waals surface area contributed by atoms with Crippen molar-refractivity contribution in [3.8, 4) is 0 Å². The Balaban J connectivity index is 2.02. The van der Waals surface area contributed by atoms with E-state index in [0.717, 1.165) is 18.1 Å². The zero-order valence-corrected chi connectivity index (χ0v) is 11.9. The van der Waals surface area contributed by atoms with E-state index < -0.39 is 0 Å². The van der Waals surface area contributed by atoms with Crippen molar-refractivity contribution < 1.29 is 0 Å². The lowest BCUT2D eigenvalue weighted by atomic mass is 9.72. The van der Waals surface area contributed by atoms with E-state index in [1.807, 2.05) is 23.9 Å². The van der Waals surface area contributed by atoms with Crippen molar-refractivity contribution in [2.24, 2.45) is 0 Å². The lowest BCUT2D eigenvalue weighted by Gasteiger charge is -2.44. The fourth-order valence-electron chi connectivity index (χ4n) is 2.48. The molecule has 0 aliphatic carbocycles. The van der Waals surface area contributed by atoms with Crippen LogP contribution in [-0.2, 0) is 5.41 Å². The Hall–Kier alpha value is -0.180. The SMILES string of the molecule is CCSCCCC1(c2ccccc2Cl)CNC1. The summed E-state index contributed by atoms with van der Waals surface area (Å²) in [5, 5.41) is 4.33. The molecule has 1 nitrogen and oxygen atoms in total. The van der Waals surface area contributed by atoms with Crippen molar-refractivity contribution in [1.82, 2.24) is 5.32 Å². The van der Waals surface area contributed by atoms with Crippen molar-refractivity contribution >= 4 is 23.4 Å². The van der Waals surface area contributed by atoms with Gasteiger partial charge in [-0.15, -0.1) is 0 Å². The second kappa shape index (κ2) is 6.12. The fourth-order valence-corrected chi connectivity index (χ4v) is 3.45. The maximum absolute atomic E-state index is 6.33. The number of halogens is 1. The van der Waals surface area contributed by atoms with Crippen molar-refractivity contribution in [1.29, 1.82) is 0 Å². The first kappa shape index (κ1) is 13.3. The molecule has 94 valence electrons. The Morgan fingerprint density at radius 2 is 2.12 bits per heavy atom. The minimum atomic E-state index is 0.298. The average molecular weight is 270 g/mol. The molecular weight excluding hydrogens is 250 g/mol. The van der Waals surface area contributed by atoms with Crippen molar-refractivity contribution in [2.45, 2.75) is 25.2 Å². The van der Waals surface area contributed by atoms with Crippen LogP contribution in [0.25, 0.3) is 0 Å². The Morgan fingerprint density at radius 3 is 2.71 bits per heavy atom. The zero-order valence-electron chi connectivity index (χ0n) is 10.3. The van der Waals surface area contributed by atoms with Gasteiger partial charge >= 0.3 is 0 Å². The summed E-state index contributed by atoms with van der Waals surface area (Å²) in [4.78, 5) is 0. The first-order valence-electron chi connectivity index (χ1n) is 6.32. The predicted octanol–water partition coefficient (Wildman–Crippen LogP) is 3.71. The molecule has 1 N–H and O–H groups in total. The Kier molecular flexibility index (Phi) is 4.78. The fraction of sp³-hybridized carbons (Fsp3) is 0.571. The van der Waals surface area contributed by atoms with Crippen molar-refractivity contribution in [2.75, 3.05) is 24.6 Å². The van der Waals surface area contributed by atoms with Crippen LogP contribution in [0.2, 0.25) is 5.02 Å². The van der Waals surface area contributed by atoms with Crippen molar-refractivity contribution in [3.05, 3.63) is 34.9 Å². The first-order valence-corrected chi connectivity index (χ1v) is 7.85. The predicted molar refractivity (Wildman–Crippen MR) is 78.2 cm³/mol. The molecule has 3 heteroatoms. The van der Waals surface area contributed by atoms with Crippen LogP contribution in [0.3, 0.4) is 0 Å². The third-order valence-electron chi connectivity index (χ3n) is 3.52. The number of hydrogen-bond donors (Lipinski definition) is 1. The topological polar surface area (TPSA) is 12.0 Å². The number of rotatable bonds is 6. The van der Waals surface area contributed by atoms with Gasteiger partial charge in [0.1, 0.15) is 0 Å². The van der Waals surface area contributed by atoms with Crippen LogP contribution in [0.15, 0.2) is 24.3 Å². The normalized spacial score (nSPS) is 17.8. The van der Waals surface area contributed by atoms with Crippen LogP contribution in [-0.4, -0.2) is 24.6 Å². The van der Waals surface area contributed by atoms with E-state index in [-0.39, 0.29) is 0 Å². The van der Waals surface area contributed by atoms with Gasteiger partial charge in [-0.3, -0.25) is 0 Å². The van der Waals surface area contributed by atoms with Gasteiger partial charge in [-0.1, -0.05) is 36.7 Å². The molecule has 2 rings (SSSR count). The number of hydrogen-bond acceptors (Lipinski definition) is 2. The maximum atomic E-state index is 6.33. The molecule has 17 heavy (non-hydrogen) atoms. The highest BCUT2D eigenvalue weighted by Crippen LogP contribution is 2.37. The van der Waals surface area contributed by atoms with Gasteiger partial charge < -0.3 is 5.32 Å². The molecule has 1 aliphatic rings. The summed E-state index contributed by atoms with van der Waals surface area (Å²) >= 11 is 8.36. The molecule has 0 radical (unpaired) electrons. The van der Waals surface area contributed by atoms with E-state index in [9.17, 15) is 0 Å². The van der Waals surface area contributed by atoms with Gasteiger partial charge in [0.15, 0.2) is 0 Å². The molecule has 1 fully saturated rings. The van der Waals surface area contributed by atoms with Gasteiger partial charge in [0.25, 0.3) is 0 Å². The highest BCUT2D eigenvalue weighted by molar-refractivity contribution is 7.99. The van der Waals surface area contributed by atoms with Crippen molar-refractivity contribution in [3.63, 3.8) is 0 Å². The lowest BCUT2D eigenvalue weighted by molar-refractivity contribution is 0.256. The maximum Gasteiger partial charge on any atom is 0.0444 e. The van der Waals surface area contributed by atoms with Crippen LogP contribution in [0.1, 0.15) is 25.3 Å². The quantitative estimate of drug-likeness (QED) is 0.790. The number of nitrogens with one attached hydrogen (secondary N) is 1. The Labute approximate surface area is 113 Å². The van der Waals surface area contributed by atoms with E-state index in [2.05, 4.69) is 24.4 Å². The van der Waals surface area contributed by atoms with Crippen LogP contribution in [0.5, 0.6) is 0 Å². The smallest absolute Gasteiger partial charge is 0.0444 e. The molecule has 0 saturated carbocycles. The summed E-state index contributed by atoms with van der Waals surface area (Å²) in [5.41, 5.74) is 1.63. The second-order valence-electron chi connectivity index (χ2n) is 4.66. The summed E-state index contributed by atoms with van der Waals surface area (Å²) in [6.45, 7) is 4.38. The molecule has 0 bridgehead atoms. The molecule has 1 aliphatic heterocycles. The third kappa shape index (κ3) is 2.98. The summed E-state index contributed by atoms with van der Waals surface area (Å²) in [7, 11) is 0. The molecule has 1 aromatic rings. The molecule has 0 atom stereocenters. The van der Waals surface area contributed by atoms with E-state index in [0.29, 0.717) is 5.41 Å². The molecule has 0 aromatic heterocycles. The molecule has 1 saturated heterocycles. The van der Waals surface area contributed by atoms with Crippen LogP contribution in [0, 0.1) is 0 Å². The van der Waals surface area contributed by atoms with Gasteiger partial charge in [0.2, 0.25) is 0 Å². The summed E-state index contributed by atoms with van der Waals surface area (Å²) in [6.07, 6.45) is 2.53. The van der Waals surface area contributed by atoms with E-state index in [1.165, 1.54) is 29.9 Å². The molecule has 0 unspecified atom stereocenters. The van der Waals surface area contributed by atoms with Gasteiger partial charge in [-0.25, -0.2) is 0 Å². The standard InChI is InChI=1S/C14H20ClNS/c1-2-17-9-5-8-14(10-16-11-14)12-6-3-4-7-13(12)15/h3-4,6-7,16H,2,5,8-11H2,1H3. The lowest BCUT2D eigenvalue weighted by Crippen LogP contribution is -2.56. The zero-order chi connectivity index (χ0) is 12.1. The van der Waals surface area contributed by atoms with E-state index >= 15 is 0 Å². The van der Waals surface area contributed by atoms with Gasteiger partial charge in [0, 0.05) is 23.5 Å². The highest BCUT2D eigenvalue weighted by atomic mass is 35.5. The van der Waals surface area contributed by atoms with Gasteiger partial charge in [-0.2, -0.15) is 11.8 Å². The molecular formula is C14H20ClNS. The van der Waals surface area contributed by atoms with Crippen LogP contribution < -0.4 is 5.32 Å². The summed E-state index contributed by atoms with van der Waals surface area (Å²) in [6, 6.07) is 8.31.